The lowest BCUT2D eigenvalue weighted by atomic mass is 9.46. The van der Waals surface area contributed by atoms with Crippen LogP contribution in [0.1, 0.15) is 106 Å². The lowest BCUT2D eigenvalue weighted by Gasteiger charge is -2.59. The third-order valence-electron chi connectivity index (χ3n) is 10.7. The first-order valence-electron chi connectivity index (χ1n) is 13.2. The molecule has 1 fully saturated rings. The van der Waals surface area contributed by atoms with Gasteiger partial charge in [-0.1, -0.05) is 60.1 Å². The standard InChI is InChI=1S/C29H48O2/c1-18(2)8-12-24(30)19(3)21-10-11-22-20-9-13-25-27(4,5)26(31)15-17-29(25,7)23(20)14-16-28(21,22)6/h11,18-19,21,24-26,30-31H,8-10,12-17H2,1-7H3. The third kappa shape index (κ3) is 3.59. The summed E-state index contributed by atoms with van der Waals surface area (Å²) in [6.07, 6.45) is 12.3. The molecule has 4 aliphatic carbocycles. The summed E-state index contributed by atoms with van der Waals surface area (Å²) in [4.78, 5) is 0. The lowest BCUT2D eigenvalue weighted by molar-refractivity contribution is -0.0907. The fraction of sp³-hybridized carbons (Fsp3) is 0.862. The molecule has 0 aromatic carbocycles. The molecule has 7 unspecified atom stereocenters. The van der Waals surface area contributed by atoms with Crippen LogP contribution in [-0.4, -0.2) is 22.4 Å². The lowest BCUT2D eigenvalue weighted by Crippen LogP contribution is -2.53. The minimum absolute atomic E-state index is 0.00785. The second kappa shape index (κ2) is 8.01. The van der Waals surface area contributed by atoms with Crippen LogP contribution in [0.25, 0.3) is 0 Å². The zero-order valence-electron chi connectivity index (χ0n) is 21.3. The Morgan fingerprint density at radius 1 is 0.968 bits per heavy atom. The fourth-order valence-corrected chi connectivity index (χ4v) is 8.55. The van der Waals surface area contributed by atoms with Gasteiger partial charge in [-0.3, -0.25) is 0 Å². The molecule has 0 spiro atoms. The summed E-state index contributed by atoms with van der Waals surface area (Å²) < 4.78 is 0. The third-order valence-corrected chi connectivity index (χ3v) is 10.7. The highest BCUT2D eigenvalue weighted by atomic mass is 16.3. The molecule has 0 amide bonds. The van der Waals surface area contributed by atoms with Gasteiger partial charge in [0.2, 0.25) is 0 Å². The number of fused-ring (bicyclic) bond motifs is 4. The summed E-state index contributed by atoms with van der Waals surface area (Å²) in [6, 6.07) is 0. The summed E-state index contributed by atoms with van der Waals surface area (Å²) in [5.41, 5.74) is 5.55. The van der Waals surface area contributed by atoms with Crippen LogP contribution in [0.2, 0.25) is 0 Å². The number of hydrogen-bond donors (Lipinski definition) is 2. The molecule has 0 heterocycles. The van der Waals surface area contributed by atoms with Crippen LogP contribution in [0.5, 0.6) is 0 Å². The van der Waals surface area contributed by atoms with E-state index in [1.165, 1.54) is 25.7 Å². The predicted molar refractivity (Wildman–Crippen MR) is 130 cm³/mol. The molecule has 2 nitrogen and oxygen atoms in total. The summed E-state index contributed by atoms with van der Waals surface area (Å²) in [7, 11) is 0. The van der Waals surface area contributed by atoms with Crippen molar-refractivity contribution < 1.29 is 10.2 Å². The molecular formula is C29H48O2. The van der Waals surface area contributed by atoms with Crippen molar-refractivity contribution in [2.45, 2.75) is 118 Å². The monoisotopic (exact) mass is 428 g/mol. The molecular weight excluding hydrogens is 380 g/mol. The number of rotatable bonds is 5. The predicted octanol–water partition coefficient (Wildman–Crippen LogP) is 7.06. The number of aliphatic hydroxyl groups excluding tert-OH is 2. The quantitative estimate of drug-likeness (QED) is 0.492. The molecule has 0 radical (unpaired) electrons. The minimum Gasteiger partial charge on any atom is -0.393 e. The van der Waals surface area contributed by atoms with Gasteiger partial charge in [0.15, 0.2) is 0 Å². The second-order valence-electron chi connectivity index (χ2n) is 13.1. The largest absolute Gasteiger partial charge is 0.393 e. The van der Waals surface area contributed by atoms with Crippen LogP contribution in [-0.2, 0) is 0 Å². The van der Waals surface area contributed by atoms with Crippen molar-refractivity contribution in [3.05, 3.63) is 22.8 Å². The van der Waals surface area contributed by atoms with Crippen molar-refractivity contribution in [1.29, 1.82) is 0 Å². The first-order valence-corrected chi connectivity index (χ1v) is 13.2. The van der Waals surface area contributed by atoms with E-state index in [1.807, 2.05) is 0 Å². The van der Waals surface area contributed by atoms with Crippen LogP contribution in [0, 0.1) is 39.9 Å². The van der Waals surface area contributed by atoms with Crippen LogP contribution in [0.4, 0.5) is 0 Å². The molecule has 31 heavy (non-hydrogen) atoms. The highest BCUT2D eigenvalue weighted by molar-refractivity contribution is 5.49. The average Bonchev–Trinajstić information content (AvgIpc) is 3.06. The Bertz CT molecular complexity index is 759. The molecule has 176 valence electrons. The molecule has 0 aromatic rings. The van der Waals surface area contributed by atoms with E-state index < -0.39 is 0 Å². The van der Waals surface area contributed by atoms with Gasteiger partial charge in [-0.05, 0) is 109 Å². The molecule has 0 aromatic heterocycles. The Morgan fingerprint density at radius 3 is 2.35 bits per heavy atom. The van der Waals surface area contributed by atoms with Gasteiger partial charge in [-0.25, -0.2) is 0 Å². The van der Waals surface area contributed by atoms with E-state index in [0.717, 1.165) is 32.1 Å². The van der Waals surface area contributed by atoms with Gasteiger partial charge in [0.25, 0.3) is 0 Å². The summed E-state index contributed by atoms with van der Waals surface area (Å²) >= 11 is 0. The zero-order valence-corrected chi connectivity index (χ0v) is 21.3. The van der Waals surface area contributed by atoms with E-state index in [9.17, 15) is 10.2 Å². The molecule has 1 saturated carbocycles. The van der Waals surface area contributed by atoms with Crippen LogP contribution >= 0.6 is 0 Å². The molecule has 0 saturated heterocycles. The van der Waals surface area contributed by atoms with E-state index in [0.29, 0.717) is 23.7 Å². The number of hydrogen-bond acceptors (Lipinski definition) is 2. The first kappa shape index (κ1) is 23.6. The summed E-state index contributed by atoms with van der Waals surface area (Å²) in [5.74, 6) is 2.16. The van der Waals surface area contributed by atoms with E-state index in [2.05, 4.69) is 54.5 Å². The first-order chi connectivity index (χ1) is 14.4. The Balaban J connectivity index is 1.60. The maximum absolute atomic E-state index is 11.0. The van der Waals surface area contributed by atoms with Crippen LogP contribution < -0.4 is 0 Å². The smallest absolute Gasteiger partial charge is 0.0594 e. The highest BCUT2D eigenvalue weighted by Crippen LogP contribution is 2.66. The van der Waals surface area contributed by atoms with Gasteiger partial charge >= 0.3 is 0 Å². The van der Waals surface area contributed by atoms with Crippen molar-refractivity contribution in [3.63, 3.8) is 0 Å². The molecule has 4 aliphatic rings. The summed E-state index contributed by atoms with van der Waals surface area (Å²) in [6.45, 7) is 16.5. The fourth-order valence-electron chi connectivity index (χ4n) is 8.55. The van der Waals surface area contributed by atoms with Crippen LogP contribution in [0.3, 0.4) is 0 Å². The van der Waals surface area contributed by atoms with Gasteiger partial charge in [0.1, 0.15) is 0 Å². The van der Waals surface area contributed by atoms with Crippen LogP contribution in [0.15, 0.2) is 22.8 Å². The second-order valence-corrected chi connectivity index (χ2v) is 13.1. The van der Waals surface area contributed by atoms with Crippen molar-refractivity contribution in [3.8, 4) is 0 Å². The highest BCUT2D eigenvalue weighted by Gasteiger charge is 2.57. The van der Waals surface area contributed by atoms with E-state index in [-0.39, 0.29) is 28.5 Å². The Morgan fingerprint density at radius 2 is 1.68 bits per heavy atom. The average molecular weight is 429 g/mol. The molecule has 2 heteroatoms. The Hall–Kier alpha value is -0.600. The maximum atomic E-state index is 11.0. The molecule has 2 N–H and O–H groups in total. The van der Waals surface area contributed by atoms with Crippen molar-refractivity contribution >= 4 is 0 Å². The summed E-state index contributed by atoms with van der Waals surface area (Å²) in [5, 5.41) is 21.7. The van der Waals surface area contributed by atoms with Gasteiger partial charge < -0.3 is 10.2 Å². The normalized spacial score (nSPS) is 41.4. The van der Waals surface area contributed by atoms with Gasteiger partial charge in [-0.2, -0.15) is 0 Å². The van der Waals surface area contributed by atoms with E-state index in [1.54, 1.807) is 16.7 Å². The van der Waals surface area contributed by atoms with E-state index in [4.69, 9.17) is 0 Å². The maximum Gasteiger partial charge on any atom is 0.0594 e. The van der Waals surface area contributed by atoms with Gasteiger partial charge in [-0.15, -0.1) is 0 Å². The Labute approximate surface area is 191 Å². The molecule has 7 atom stereocenters. The van der Waals surface area contributed by atoms with Crippen molar-refractivity contribution in [2.75, 3.05) is 0 Å². The molecule has 0 aliphatic heterocycles. The zero-order chi connectivity index (χ0) is 22.8. The minimum atomic E-state index is -0.179. The van der Waals surface area contributed by atoms with E-state index >= 15 is 0 Å². The SMILES string of the molecule is CC(C)CCC(O)C(C)C1CC=C2C3=C(CCC21C)C1(C)CCC(O)C(C)(C)C1CC3. The van der Waals surface area contributed by atoms with Crippen molar-refractivity contribution in [2.24, 2.45) is 39.9 Å². The van der Waals surface area contributed by atoms with Crippen molar-refractivity contribution in [1.82, 2.24) is 0 Å². The Kier molecular flexibility index (Phi) is 6.09. The molecule has 4 rings (SSSR count). The topological polar surface area (TPSA) is 40.5 Å². The molecule has 0 bridgehead atoms. The van der Waals surface area contributed by atoms with Gasteiger partial charge in [0, 0.05) is 0 Å². The number of allylic oxidation sites excluding steroid dienone is 4. The number of aliphatic hydroxyl groups is 2. The van der Waals surface area contributed by atoms with Gasteiger partial charge in [0.05, 0.1) is 12.2 Å².